The number of hydrogen-bond donors (Lipinski definition) is 2. The van der Waals surface area contributed by atoms with Crippen LogP contribution in [0.1, 0.15) is 30.1 Å². The second kappa shape index (κ2) is 9.52. The number of benzene rings is 2. The van der Waals surface area contributed by atoms with Gasteiger partial charge >= 0.3 is 0 Å². The molecule has 0 unspecified atom stereocenters. The summed E-state index contributed by atoms with van der Waals surface area (Å²) in [5.41, 5.74) is 1.28. The van der Waals surface area contributed by atoms with E-state index in [0.29, 0.717) is 41.0 Å². The van der Waals surface area contributed by atoms with Crippen molar-refractivity contribution in [1.82, 2.24) is 10.3 Å². The Hall–Kier alpha value is -2.64. The van der Waals surface area contributed by atoms with E-state index >= 15 is 0 Å². The van der Waals surface area contributed by atoms with E-state index in [9.17, 15) is 9.59 Å². The van der Waals surface area contributed by atoms with Crippen molar-refractivity contribution >= 4 is 50.1 Å². The number of carbonyl (C=O) groups excluding carboxylic acids is 2. The molecule has 2 aromatic carbocycles. The summed E-state index contributed by atoms with van der Waals surface area (Å²) in [4.78, 5) is 28.8. The normalized spacial score (nSPS) is 10.6. The topological polar surface area (TPSA) is 80.3 Å². The van der Waals surface area contributed by atoms with E-state index in [0.717, 1.165) is 10.2 Å². The van der Waals surface area contributed by atoms with Crippen LogP contribution < -0.4 is 15.4 Å². The number of fused-ring (bicyclic) bond motifs is 1. The van der Waals surface area contributed by atoms with Gasteiger partial charge in [0.05, 0.1) is 22.4 Å². The lowest BCUT2D eigenvalue weighted by molar-refractivity contribution is -0.116. The summed E-state index contributed by atoms with van der Waals surface area (Å²) in [5, 5.41) is 6.78. The first kappa shape index (κ1) is 20.1. The van der Waals surface area contributed by atoms with Crippen LogP contribution in [-0.4, -0.2) is 29.9 Å². The predicted molar refractivity (Wildman–Crippen MR) is 112 cm³/mol. The minimum Gasteiger partial charge on any atom is -0.493 e. The Balaban J connectivity index is 1.45. The van der Waals surface area contributed by atoms with Crippen LogP contribution in [0.15, 0.2) is 42.5 Å². The molecule has 1 aromatic heterocycles. The van der Waals surface area contributed by atoms with E-state index in [-0.39, 0.29) is 18.2 Å². The Morgan fingerprint density at radius 3 is 2.86 bits per heavy atom. The van der Waals surface area contributed by atoms with E-state index < -0.39 is 0 Å². The molecular formula is C20H20ClN3O3S. The Kier molecular flexibility index (Phi) is 6.84. The fourth-order valence-electron chi connectivity index (χ4n) is 2.62. The van der Waals surface area contributed by atoms with Gasteiger partial charge in [-0.1, -0.05) is 35.1 Å². The minimum atomic E-state index is -0.215. The Morgan fingerprint density at radius 2 is 2.04 bits per heavy atom. The Bertz CT molecular complexity index is 990. The maximum Gasteiger partial charge on any atom is 0.255 e. The minimum absolute atomic E-state index is 0.144. The van der Waals surface area contributed by atoms with Crippen molar-refractivity contribution in [3.63, 3.8) is 0 Å². The number of anilines is 1. The molecule has 3 rings (SSSR count). The lowest BCUT2D eigenvalue weighted by atomic mass is 10.2. The summed E-state index contributed by atoms with van der Waals surface area (Å²) >= 11 is 7.34. The highest BCUT2D eigenvalue weighted by atomic mass is 35.5. The van der Waals surface area contributed by atoms with Gasteiger partial charge in [-0.2, -0.15) is 0 Å². The van der Waals surface area contributed by atoms with Gasteiger partial charge in [-0.25, -0.2) is 4.98 Å². The predicted octanol–water partition coefficient (Wildman–Crippen LogP) is 4.50. The molecule has 8 heteroatoms. The van der Waals surface area contributed by atoms with E-state index in [1.165, 1.54) is 11.3 Å². The summed E-state index contributed by atoms with van der Waals surface area (Å²) < 4.78 is 6.38. The number of aromatic nitrogens is 1. The van der Waals surface area contributed by atoms with Crippen molar-refractivity contribution in [2.45, 2.75) is 19.8 Å². The fourth-order valence-corrected chi connectivity index (χ4v) is 3.77. The molecule has 6 nitrogen and oxygen atoms in total. The highest BCUT2D eigenvalue weighted by Gasteiger charge is 2.12. The van der Waals surface area contributed by atoms with Crippen LogP contribution in [0.4, 0.5) is 5.13 Å². The van der Waals surface area contributed by atoms with Crippen LogP contribution in [0.3, 0.4) is 0 Å². The highest BCUT2D eigenvalue weighted by Crippen LogP contribution is 2.28. The Labute approximate surface area is 171 Å². The smallest absolute Gasteiger partial charge is 0.255 e. The van der Waals surface area contributed by atoms with Gasteiger partial charge in [0.2, 0.25) is 5.91 Å². The SMILES string of the molecule is CCOc1ccccc1C(=O)NCCCC(=O)Nc1nc2ccc(Cl)cc2s1. The van der Waals surface area contributed by atoms with Crippen LogP contribution in [-0.2, 0) is 4.79 Å². The van der Waals surface area contributed by atoms with Crippen molar-refractivity contribution < 1.29 is 14.3 Å². The quantitative estimate of drug-likeness (QED) is 0.529. The van der Waals surface area contributed by atoms with Gasteiger partial charge in [0.1, 0.15) is 5.75 Å². The number of thiazole rings is 1. The van der Waals surface area contributed by atoms with Crippen molar-refractivity contribution in [3.05, 3.63) is 53.1 Å². The first-order valence-electron chi connectivity index (χ1n) is 8.93. The van der Waals surface area contributed by atoms with Crippen LogP contribution >= 0.6 is 22.9 Å². The molecule has 0 bridgehead atoms. The maximum atomic E-state index is 12.3. The summed E-state index contributed by atoms with van der Waals surface area (Å²) in [6.07, 6.45) is 0.801. The summed E-state index contributed by atoms with van der Waals surface area (Å²) in [6.45, 7) is 2.75. The van der Waals surface area contributed by atoms with Gasteiger partial charge in [0, 0.05) is 18.0 Å². The summed E-state index contributed by atoms with van der Waals surface area (Å²) in [7, 11) is 0. The number of rotatable bonds is 8. The zero-order valence-corrected chi connectivity index (χ0v) is 16.9. The standard InChI is InChI=1S/C20H20ClN3O3S/c1-2-27-16-7-4-3-6-14(16)19(26)22-11-5-8-18(25)24-20-23-15-10-9-13(21)12-17(15)28-20/h3-4,6-7,9-10,12H,2,5,8,11H2,1H3,(H,22,26)(H,23,24,25). The second-order valence-corrected chi connectivity index (χ2v) is 7.43. The van der Waals surface area contributed by atoms with Crippen LogP contribution in [0.5, 0.6) is 5.75 Å². The molecule has 0 aliphatic carbocycles. The van der Waals surface area contributed by atoms with Crippen LogP contribution in [0.25, 0.3) is 10.2 Å². The zero-order valence-electron chi connectivity index (χ0n) is 15.3. The first-order chi connectivity index (χ1) is 13.6. The van der Waals surface area contributed by atoms with Crippen LogP contribution in [0.2, 0.25) is 5.02 Å². The molecule has 0 saturated carbocycles. The van der Waals surface area contributed by atoms with E-state index in [4.69, 9.17) is 16.3 Å². The third-order valence-corrected chi connectivity index (χ3v) is 5.06. The molecule has 1 heterocycles. The second-order valence-electron chi connectivity index (χ2n) is 5.97. The molecule has 0 fully saturated rings. The number of hydrogen-bond acceptors (Lipinski definition) is 5. The number of para-hydroxylation sites is 1. The number of ether oxygens (including phenoxy) is 1. The van der Waals surface area contributed by atoms with Crippen LogP contribution in [0, 0.1) is 0 Å². The molecule has 0 radical (unpaired) electrons. The largest absolute Gasteiger partial charge is 0.493 e. The summed E-state index contributed by atoms with van der Waals surface area (Å²) in [5.74, 6) is 0.192. The number of amides is 2. The molecular weight excluding hydrogens is 398 g/mol. The van der Waals surface area contributed by atoms with E-state index in [2.05, 4.69) is 15.6 Å². The van der Waals surface area contributed by atoms with Crippen molar-refractivity contribution in [2.24, 2.45) is 0 Å². The molecule has 2 N–H and O–H groups in total. The van der Waals surface area contributed by atoms with Gasteiger partial charge in [-0.3, -0.25) is 9.59 Å². The molecule has 0 aliphatic rings. The van der Waals surface area contributed by atoms with Crippen molar-refractivity contribution in [2.75, 3.05) is 18.5 Å². The highest BCUT2D eigenvalue weighted by molar-refractivity contribution is 7.22. The maximum absolute atomic E-state index is 12.3. The molecule has 146 valence electrons. The fraction of sp³-hybridized carbons (Fsp3) is 0.250. The average molecular weight is 418 g/mol. The number of nitrogens with one attached hydrogen (secondary N) is 2. The first-order valence-corrected chi connectivity index (χ1v) is 10.1. The molecule has 0 atom stereocenters. The summed E-state index contributed by atoms with van der Waals surface area (Å²) in [6, 6.07) is 12.5. The number of nitrogens with zero attached hydrogens (tertiary/aromatic N) is 1. The lowest BCUT2D eigenvalue weighted by Crippen LogP contribution is -2.26. The molecule has 28 heavy (non-hydrogen) atoms. The van der Waals surface area contributed by atoms with E-state index in [1.807, 2.05) is 25.1 Å². The third kappa shape index (κ3) is 5.21. The lowest BCUT2D eigenvalue weighted by Gasteiger charge is -2.10. The van der Waals surface area contributed by atoms with Gasteiger partial charge in [-0.15, -0.1) is 0 Å². The van der Waals surface area contributed by atoms with Gasteiger partial charge in [0.15, 0.2) is 5.13 Å². The molecule has 2 amide bonds. The van der Waals surface area contributed by atoms with Gasteiger partial charge in [0.25, 0.3) is 5.91 Å². The number of halogens is 1. The van der Waals surface area contributed by atoms with Gasteiger partial charge in [-0.05, 0) is 43.7 Å². The van der Waals surface area contributed by atoms with Crippen molar-refractivity contribution in [1.29, 1.82) is 0 Å². The average Bonchev–Trinajstić information content (AvgIpc) is 3.07. The third-order valence-electron chi connectivity index (χ3n) is 3.89. The molecule has 0 saturated heterocycles. The molecule has 0 aliphatic heterocycles. The monoisotopic (exact) mass is 417 g/mol. The molecule has 3 aromatic rings. The van der Waals surface area contributed by atoms with E-state index in [1.54, 1.807) is 24.3 Å². The zero-order chi connectivity index (χ0) is 19.9. The Morgan fingerprint density at radius 1 is 1.21 bits per heavy atom. The van der Waals surface area contributed by atoms with Crippen molar-refractivity contribution in [3.8, 4) is 5.75 Å². The molecule has 0 spiro atoms. The van der Waals surface area contributed by atoms with Gasteiger partial charge < -0.3 is 15.4 Å². The number of carbonyl (C=O) groups is 2.